The van der Waals surface area contributed by atoms with Crippen molar-refractivity contribution in [2.45, 2.75) is 30.8 Å². The van der Waals surface area contributed by atoms with Crippen LogP contribution in [0.15, 0.2) is 29.4 Å². The number of benzene rings is 1. The fourth-order valence-electron chi connectivity index (χ4n) is 3.29. The maximum Gasteiger partial charge on any atom is 0.291 e. The van der Waals surface area contributed by atoms with Crippen molar-refractivity contribution in [3.05, 3.63) is 24.3 Å². The van der Waals surface area contributed by atoms with Gasteiger partial charge < -0.3 is 14.8 Å². The number of amides is 2. The van der Waals surface area contributed by atoms with Crippen molar-refractivity contribution in [2.75, 3.05) is 39.3 Å². The molecule has 0 spiro atoms. The first-order chi connectivity index (χ1) is 14.0. The highest BCUT2D eigenvalue weighted by Gasteiger charge is 2.24. The number of para-hydroxylation sites is 2. The molecule has 7 nitrogen and oxygen atoms in total. The van der Waals surface area contributed by atoms with Gasteiger partial charge in [-0.3, -0.25) is 14.5 Å². The normalized spacial score (nSPS) is 15.2. The van der Waals surface area contributed by atoms with E-state index in [0.717, 1.165) is 6.42 Å². The number of hydrogen-bond donors (Lipinski definition) is 1. The number of imidazole rings is 1. The molecule has 1 aliphatic rings. The number of fused-ring (bicyclic) bond motifs is 1. The molecule has 0 unspecified atom stereocenters. The third-order valence-electron chi connectivity index (χ3n) is 4.77. The van der Waals surface area contributed by atoms with Gasteiger partial charge in [0.1, 0.15) is 6.54 Å². The van der Waals surface area contributed by atoms with Gasteiger partial charge in [0.05, 0.1) is 17.6 Å². The number of hydrogen-bond acceptors (Lipinski definition) is 5. The van der Waals surface area contributed by atoms with E-state index in [4.69, 9.17) is 0 Å². The Balaban J connectivity index is 1.61. The number of alkyl halides is 2. The van der Waals surface area contributed by atoms with Crippen molar-refractivity contribution in [1.29, 1.82) is 0 Å². The van der Waals surface area contributed by atoms with Crippen LogP contribution in [0.25, 0.3) is 11.0 Å². The Labute approximate surface area is 172 Å². The summed E-state index contributed by atoms with van der Waals surface area (Å²) in [5.41, 5.74) is 1.25. The van der Waals surface area contributed by atoms with Crippen LogP contribution in [-0.2, 0) is 16.1 Å². The van der Waals surface area contributed by atoms with Crippen LogP contribution in [0.3, 0.4) is 0 Å². The van der Waals surface area contributed by atoms with Crippen molar-refractivity contribution in [2.24, 2.45) is 0 Å². The van der Waals surface area contributed by atoms with Crippen LogP contribution < -0.4 is 5.32 Å². The largest absolute Gasteiger partial charge is 0.355 e. The topological polar surface area (TPSA) is 70.5 Å². The molecule has 0 radical (unpaired) electrons. The SMILES string of the molecule is CCCNC(=O)CN1CCN(C(=O)Cn2c(SC(F)F)nc3ccccc32)CC1. The smallest absolute Gasteiger partial charge is 0.291 e. The van der Waals surface area contributed by atoms with Crippen molar-refractivity contribution >= 4 is 34.6 Å². The van der Waals surface area contributed by atoms with Crippen LogP contribution in [0.1, 0.15) is 13.3 Å². The Kier molecular flexibility index (Phi) is 7.43. The van der Waals surface area contributed by atoms with E-state index >= 15 is 0 Å². The molecule has 2 heterocycles. The van der Waals surface area contributed by atoms with E-state index in [1.165, 1.54) is 0 Å². The van der Waals surface area contributed by atoms with Crippen LogP contribution in [-0.4, -0.2) is 76.2 Å². The van der Waals surface area contributed by atoms with Gasteiger partial charge in [0.2, 0.25) is 11.8 Å². The molecule has 1 aliphatic heterocycles. The summed E-state index contributed by atoms with van der Waals surface area (Å²) in [6.07, 6.45) is 0.892. The minimum Gasteiger partial charge on any atom is -0.355 e. The highest BCUT2D eigenvalue weighted by atomic mass is 32.2. The van der Waals surface area contributed by atoms with Crippen molar-refractivity contribution in [3.8, 4) is 0 Å². The third-order valence-corrected chi connectivity index (χ3v) is 5.47. The van der Waals surface area contributed by atoms with E-state index < -0.39 is 5.76 Å². The second-order valence-electron chi connectivity index (χ2n) is 6.85. The summed E-state index contributed by atoms with van der Waals surface area (Å²) in [4.78, 5) is 32.6. The summed E-state index contributed by atoms with van der Waals surface area (Å²) < 4.78 is 27.4. The zero-order valence-corrected chi connectivity index (χ0v) is 17.1. The van der Waals surface area contributed by atoms with Gasteiger partial charge in [-0.05, 0) is 30.3 Å². The highest BCUT2D eigenvalue weighted by Crippen LogP contribution is 2.28. The minimum atomic E-state index is -2.61. The number of aromatic nitrogens is 2. The van der Waals surface area contributed by atoms with Crippen LogP contribution in [0.2, 0.25) is 0 Å². The first kappa shape index (κ1) is 21.5. The summed E-state index contributed by atoms with van der Waals surface area (Å²) in [5.74, 6) is -2.76. The molecule has 1 aromatic carbocycles. The fourth-order valence-corrected chi connectivity index (χ4v) is 3.89. The molecule has 1 aromatic heterocycles. The molecule has 10 heteroatoms. The maximum atomic E-state index is 12.9. The lowest BCUT2D eigenvalue weighted by Crippen LogP contribution is -2.51. The Morgan fingerprint density at radius 2 is 1.90 bits per heavy atom. The zero-order chi connectivity index (χ0) is 20.8. The van der Waals surface area contributed by atoms with Gasteiger partial charge in [-0.15, -0.1) is 0 Å². The Morgan fingerprint density at radius 1 is 1.17 bits per heavy atom. The number of carbonyl (C=O) groups excluding carboxylic acids is 2. The number of carbonyl (C=O) groups is 2. The number of thioether (sulfide) groups is 1. The molecular formula is C19H25F2N5O2S. The second kappa shape index (κ2) is 10.0. The zero-order valence-electron chi connectivity index (χ0n) is 16.3. The number of halogens is 2. The van der Waals surface area contributed by atoms with Gasteiger partial charge in [0, 0.05) is 32.7 Å². The van der Waals surface area contributed by atoms with Gasteiger partial charge in [0.15, 0.2) is 5.16 Å². The second-order valence-corrected chi connectivity index (χ2v) is 7.81. The van der Waals surface area contributed by atoms with Gasteiger partial charge >= 0.3 is 0 Å². The molecule has 2 amide bonds. The van der Waals surface area contributed by atoms with E-state index in [-0.39, 0.29) is 23.5 Å². The van der Waals surface area contributed by atoms with E-state index in [2.05, 4.69) is 10.3 Å². The Hall–Kier alpha value is -2.20. The first-order valence-electron chi connectivity index (χ1n) is 9.65. The van der Waals surface area contributed by atoms with Crippen LogP contribution in [0, 0.1) is 0 Å². The van der Waals surface area contributed by atoms with Crippen LogP contribution >= 0.6 is 11.8 Å². The summed E-state index contributed by atoms with van der Waals surface area (Å²) in [6, 6.07) is 7.10. The highest BCUT2D eigenvalue weighted by molar-refractivity contribution is 7.99. The van der Waals surface area contributed by atoms with Gasteiger partial charge in [-0.1, -0.05) is 19.1 Å². The predicted octanol–water partition coefficient (Wildman–Crippen LogP) is 2.02. The van der Waals surface area contributed by atoms with E-state index in [9.17, 15) is 18.4 Å². The number of nitrogens with one attached hydrogen (secondary N) is 1. The van der Waals surface area contributed by atoms with Gasteiger partial charge in [-0.2, -0.15) is 8.78 Å². The Bertz CT molecular complexity index is 852. The maximum absolute atomic E-state index is 12.9. The van der Waals surface area contributed by atoms with Crippen LogP contribution in [0.4, 0.5) is 8.78 Å². The molecule has 0 saturated carbocycles. The molecule has 3 rings (SSSR count). The van der Waals surface area contributed by atoms with E-state index in [1.54, 1.807) is 33.7 Å². The summed E-state index contributed by atoms with van der Waals surface area (Å²) in [5, 5.41) is 2.99. The molecule has 29 heavy (non-hydrogen) atoms. The molecule has 1 N–H and O–H groups in total. The molecular weight excluding hydrogens is 400 g/mol. The Morgan fingerprint density at radius 3 is 2.59 bits per heavy atom. The van der Waals surface area contributed by atoms with Crippen molar-refractivity contribution in [3.63, 3.8) is 0 Å². The lowest BCUT2D eigenvalue weighted by atomic mass is 10.3. The average Bonchev–Trinajstić information content (AvgIpc) is 3.03. The molecule has 158 valence electrons. The standard InChI is InChI=1S/C19H25F2N5O2S/c1-2-7-22-16(27)12-24-8-10-25(11-9-24)17(28)13-26-15-6-4-3-5-14(15)23-19(26)29-18(20)21/h3-6,18H,2,7-13H2,1H3,(H,22,27). The minimum absolute atomic E-state index is 0.00909. The molecule has 2 aromatic rings. The molecule has 0 atom stereocenters. The third kappa shape index (κ3) is 5.66. The van der Waals surface area contributed by atoms with Gasteiger partial charge in [-0.25, -0.2) is 4.98 Å². The molecule has 1 saturated heterocycles. The molecule has 1 fully saturated rings. The lowest BCUT2D eigenvalue weighted by Gasteiger charge is -2.34. The number of rotatable bonds is 8. The van der Waals surface area contributed by atoms with Crippen molar-refractivity contribution in [1.82, 2.24) is 24.7 Å². The van der Waals surface area contributed by atoms with E-state index in [0.29, 0.717) is 62.1 Å². The van der Waals surface area contributed by atoms with Crippen molar-refractivity contribution < 1.29 is 18.4 Å². The monoisotopic (exact) mass is 425 g/mol. The number of nitrogens with zero attached hydrogens (tertiary/aromatic N) is 4. The van der Waals surface area contributed by atoms with E-state index in [1.807, 2.05) is 11.8 Å². The molecule has 0 aliphatic carbocycles. The van der Waals surface area contributed by atoms with Gasteiger partial charge in [0.25, 0.3) is 5.76 Å². The summed E-state index contributed by atoms with van der Waals surface area (Å²) >= 11 is 0.348. The summed E-state index contributed by atoms with van der Waals surface area (Å²) in [7, 11) is 0. The first-order valence-corrected chi connectivity index (χ1v) is 10.5. The molecule has 0 bridgehead atoms. The number of piperazine rings is 1. The lowest BCUT2D eigenvalue weighted by molar-refractivity contribution is -0.134. The average molecular weight is 426 g/mol. The predicted molar refractivity (Wildman–Crippen MR) is 108 cm³/mol. The quantitative estimate of drug-likeness (QED) is 0.656. The fraction of sp³-hybridized carbons (Fsp3) is 0.526. The van der Waals surface area contributed by atoms with Crippen LogP contribution in [0.5, 0.6) is 0 Å². The summed E-state index contributed by atoms with van der Waals surface area (Å²) in [6.45, 7) is 5.17.